The minimum absolute atomic E-state index is 0.211. The third kappa shape index (κ3) is 4.63. The number of sulfone groups is 1. The summed E-state index contributed by atoms with van der Waals surface area (Å²) in [4.78, 5) is 14.5. The van der Waals surface area contributed by atoms with Gasteiger partial charge in [0.1, 0.15) is 16.4 Å². The number of nitrogens with zero attached hydrogens (tertiary/aromatic N) is 1. The van der Waals surface area contributed by atoms with Crippen molar-refractivity contribution in [2.24, 2.45) is 0 Å². The Hall–Kier alpha value is -3.58. The molecule has 4 aromatic rings. The second-order valence-corrected chi connectivity index (χ2v) is 10.9. The summed E-state index contributed by atoms with van der Waals surface area (Å²) >= 11 is 12.6. The Morgan fingerprint density at radius 2 is 1.44 bits per heavy atom. The van der Waals surface area contributed by atoms with E-state index >= 15 is 0 Å². The third-order valence-corrected chi connectivity index (χ3v) is 8.18. The van der Waals surface area contributed by atoms with Gasteiger partial charge in [0, 0.05) is 5.02 Å². The Bertz CT molecular complexity index is 1570. The molecule has 0 spiro atoms. The minimum atomic E-state index is -4.13. The topological polar surface area (TPSA) is 63.7 Å². The largest absolute Gasteiger partial charge is 0.457 e. The van der Waals surface area contributed by atoms with E-state index in [1.807, 2.05) is 30.3 Å². The molecule has 1 fully saturated rings. The fourth-order valence-electron chi connectivity index (χ4n) is 4.05. The van der Waals surface area contributed by atoms with Gasteiger partial charge in [0.05, 0.1) is 10.7 Å². The molecule has 1 saturated heterocycles. The summed E-state index contributed by atoms with van der Waals surface area (Å²) < 4.78 is 33.5. The zero-order valence-electron chi connectivity index (χ0n) is 18.7. The number of carbonyl (C=O) groups is 1. The number of hydrogen-bond acceptors (Lipinski definition) is 4. The molecule has 4 aromatic carbocycles. The van der Waals surface area contributed by atoms with Gasteiger partial charge in [0.25, 0.3) is 5.91 Å². The number of anilines is 1. The van der Waals surface area contributed by atoms with Crippen molar-refractivity contribution in [1.29, 1.82) is 0 Å². The molecule has 180 valence electrons. The Kier molecular flexibility index (Phi) is 6.58. The summed E-state index contributed by atoms with van der Waals surface area (Å²) in [5, 5.41) is -0.754. The van der Waals surface area contributed by atoms with E-state index < -0.39 is 21.1 Å². The molecule has 1 unspecified atom stereocenters. The van der Waals surface area contributed by atoms with Crippen molar-refractivity contribution in [3.05, 3.63) is 129 Å². The molecule has 0 aromatic heterocycles. The Morgan fingerprint density at radius 1 is 0.778 bits per heavy atom. The highest BCUT2D eigenvalue weighted by molar-refractivity contribution is 7.97. The van der Waals surface area contributed by atoms with E-state index in [2.05, 4.69) is 0 Å². The number of halogens is 2. The zero-order valence-corrected chi connectivity index (χ0v) is 21.0. The summed E-state index contributed by atoms with van der Waals surface area (Å²) in [5.74, 6) is 0.452. The van der Waals surface area contributed by atoms with E-state index in [1.165, 1.54) is 23.1 Å². The highest BCUT2D eigenvalue weighted by Gasteiger charge is 2.50. The quantitative estimate of drug-likeness (QED) is 0.252. The first kappa shape index (κ1) is 24.1. The fraction of sp³-hybridized carbons (Fsp3) is 0.0357. The lowest BCUT2D eigenvalue weighted by Crippen LogP contribution is -2.29. The summed E-state index contributed by atoms with van der Waals surface area (Å²) in [5.41, 5.74) is 1.16. The Morgan fingerprint density at radius 3 is 2.17 bits per heavy atom. The van der Waals surface area contributed by atoms with Crippen LogP contribution in [0.2, 0.25) is 10.0 Å². The van der Waals surface area contributed by atoms with Crippen LogP contribution in [0.3, 0.4) is 0 Å². The number of benzene rings is 4. The van der Waals surface area contributed by atoms with Gasteiger partial charge in [-0.2, -0.15) is 0 Å². The van der Waals surface area contributed by atoms with Crippen LogP contribution < -0.4 is 9.64 Å². The monoisotopic (exact) mass is 535 g/mol. The summed E-state index contributed by atoms with van der Waals surface area (Å²) in [6.45, 7) is 0. The number of hydrogen-bond donors (Lipinski definition) is 0. The lowest BCUT2D eigenvalue weighted by molar-refractivity contribution is -0.114. The number of ether oxygens (including phenoxy) is 1. The first-order valence-corrected chi connectivity index (χ1v) is 13.3. The van der Waals surface area contributed by atoms with Crippen molar-refractivity contribution in [1.82, 2.24) is 0 Å². The van der Waals surface area contributed by atoms with Crippen LogP contribution in [-0.2, 0) is 14.6 Å². The van der Waals surface area contributed by atoms with Crippen LogP contribution in [-0.4, -0.2) is 14.3 Å². The highest BCUT2D eigenvalue weighted by Crippen LogP contribution is 2.46. The molecule has 0 N–H and O–H groups in total. The van der Waals surface area contributed by atoms with Crippen LogP contribution >= 0.6 is 23.2 Å². The predicted octanol–water partition coefficient (Wildman–Crippen LogP) is 7.29. The summed E-state index contributed by atoms with van der Waals surface area (Å²) in [7, 11) is -4.13. The molecular weight excluding hydrogens is 517 g/mol. The predicted molar refractivity (Wildman–Crippen MR) is 143 cm³/mol. The summed E-state index contributed by atoms with van der Waals surface area (Å²) in [6, 6.07) is 29.2. The average molecular weight is 536 g/mol. The average Bonchev–Trinajstić information content (AvgIpc) is 3.07. The van der Waals surface area contributed by atoms with Crippen molar-refractivity contribution < 1.29 is 17.9 Å². The SMILES string of the molecule is O=C1/C(=C\c2cccc(Oc3ccccc3)c2)S(=O)(=O)C(c2ccccc2)N1c1cc(Cl)ccc1Cl. The number of rotatable bonds is 5. The smallest absolute Gasteiger partial charge is 0.271 e. The molecule has 36 heavy (non-hydrogen) atoms. The van der Waals surface area contributed by atoms with Gasteiger partial charge in [-0.3, -0.25) is 9.69 Å². The molecule has 1 heterocycles. The van der Waals surface area contributed by atoms with E-state index in [1.54, 1.807) is 60.7 Å². The van der Waals surface area contributed by atoms with Gasteiger partial charge in [-0.15, -0.1) is 0 Å². The van der Waals surface area contributed by atoms with Gasteiger partial charge >= 0.3 is 0 Å². The number of para-hydroxylation sites is 1. The fourth-order valence-corrected chi connectivity index (χ4v) is 6.31. The standard InChI is InChI=1S/C28H19Cl2NO4S/c29-21-14-15-24(30)25(18-21)31-27(32)26(36(33,34)28(31)20-9-3-1-4-10-20)17-19-8-7-13-23(16-19)35-22-11-5-2-6-12-22/h1-18,28H/b26-17+. The van der Waals surface area contributed by atoms with Crippen LogP contribution in [0, 0.1) is 0 Å². The van der Waals surface area contributed by atoms with Gasteiger partial charge in [0.15, 0.2) is 5.37 Å². The molecule has 1 atom stereocenters. The molecule has 8 heteroatoms. The van der Waals surface area contributed by atoms with Crippen LogP contribution in [0.1, 0.15) is 16.5 Å². The molecule has 1 aliphatic rings. The number of amides is 1. The van der Waals surface area contributed by atoms with Gasteiger partial charge < -0.3 is 4.74 Å². The molecule has 0 aliphatic carbocycles. The molecule has 0 radical (unpaired) electrons. The van der Waals surface area contributed by atoms with Crippen LogP contribution in [0.5, 0.6) is 11.5 Å². The zero-order chi connectivity index (χ0) is 25.3. The molecule has 1 aliphatic heterocycles. The van der Waals surface area contributed by atoms with E-state index in [0.717, 1.165) is 0 Å². The lowest BCUT2D eigenvalue weighted by atomic mass is 10.1. The van der Waals surface area contributed by atoms with Gasteiger partial charge in [0.2, 0.25) is 9.84 Å². The maximum atomic E-state index is 13.8. The van der Waals surface area contributed by atoms with Crippen molar-refractivity contribution in [2.75, 3.05) is 4.90 Å². The van der Waals surface area contributed by atoms with Crippen LogP contribution in [0.25, 0.3) is 6.08 Å². The number of carbonyl (C=O) groups excluding carboxylic acids is 1. The first-order valence-electron chi connectivity index (χ1n) is 11.0. The first-order chi connectivity index (χ1) is 17.3. The van der Waals surface area contributed by atoms with E-state index in [0.29, 0.717) is 27.6 Å². The van der Waals surface area contributed by atoms with E-state index in [4.69, 9.17) is 27.9 Å². The Balaban J connectivity index is 1.61. The Labute approximate surface area is 219 Å². The third-order valence-electron chi connectivity index (χ3n) is 5.65. The molecular formula is C28H19Cl2NO4S. The molecule has 5 nitrogen and oxygen atoms in total. The minimum Gasteiger partial charge on any atom is -0.457 e. The van der Waals surface area contributed by atoms with Crippen LogP contribution in [0.15, 0.2) is 108 Å². The van der Waals surface area contributed by atoms with Crippen LogP contribution in [0.4, 0.5) is 5.69 Å². The van der Waals surface area contributed by atoms with E-state index in [9.17, 15) is 13.2 Å². The second kappa shape index (κ2) is 9.82. The van der Waals surface area contributed by atoms with Crippen molar-refractivity contribution in [3.63, 3.8) is 0 Å². The maximum absolute atomic E-state index is 13.8. The highest BCUT2D eigenvalue weighted by atomic mass is 35.5. The van der Waals surface area contributed by atoms with Gasteiger partial charge in [-0.05, 0) is 59.7 Å². The van der Waals surface area contributed by atoms with Crippen molar-refractivity contribution in [2.45, 2.75) is 5.37 Å². The van der Waals surface area contributed by atoms with Gasteiger partial charge in [-0.25, -0.2) is 8.42 Å². The molecule has 5 rings (SSSR count). The summed E-state index contributed by atoms with van der Waals surface area (Å²) in [6.07, 6.45) is 1.36. The normalized spacial score (nSPS) is 17.9. The maximum Gasteiger partial charge on any atom is 0.271 e. The molecule has 0 saturated carbocycles. The molecule has 1 amide bonds. The van der Waals surface area contributed by atoms with Crippen molar-refractivity contribution in [3.8, 4) is 11.5 Å². The van der Waals surface area contributed by atoms with Gasteiger partial charge in [-0.1, -0.05) is 83.9 Å². The molecule has 0 bridgehead atoms. The second-order valence-electron chi connectivity index (χ2n) is 8.08. The van der Waals surface area contributed by atoms with E-state index in [-0.39, 0.29) is 15.6 Å². The van der Waals surface area contributed by atoms with Crippen molar-refractivity contribution >= 4 is 50.7 Å². The lowest BCUT2D eigenvalue weighted by Gasteiger charge is -2.24.